The molecule has 2 aromatic carbocycles. The molecule has 0 radical (unpaired) electrons. The van der Waals surface area contributed by atoms with Gasteiger partial charge in [0, 0.05) is 6.04 Å². The van der Waals surface area contributed by atoms with Crippen LogP contribution in [-0.4, -0.2) is 40.0 Å². The Kier molecular flexibility index (Phi) is 5.91. The summed E-state index contributed by atoms with van der Waals surface area (Å²) >= 11 is 6.17. The number of phenols is 1. The predicted molar refractivity (Wildman–Crippen MR) is 122 cm³/mol. The fourth-order valence-electron chi connectivity index (χ4n) is 4.98. The fraction of sp³-hybridized carbons (Fsp3) is 0.360. The van der Waals surface area contributed by atoms with E-state index in [1.54, 1.807) is 23.1 Å². The van der Waals surface area contributed by atoms with Crippen molar-refractivity contribution >= 4 is 29.1 Å². The minimum atomic E-state index is -0.804. The number of carbonyl (C=O) groups excluding carboxylic acids is 2. The van der Waals surface area contributed by atoms with Gasteiger partial charge in [0.05, 0.1) is 29.3 Å². The topological polar surface area (TPSA) is 87.1 Å². The van der Waals surface area contributed by atoms with E-state index in [9.17, 15) is 19.8 Å². The van der Waals surface area contributed by atoms with Gasteiger partial charge in [0.1, 0.15) is 17.3 Å². The summed E-state index contributed by atoms with van der Waals surface area (Å²) in [5.74, 6) is -1.28. The minimum Gasteiger partial charge on any atom is -0.507 e. The number of aryl methyl sites for hydroxylation is 2. The molecule has 1 amide bonds. The van der Waals surface area contributed by atoms with Crippen molar-refractivity contribution < 1.29 is 24.5 Å². The van der Waals surface area contributed by atoms with Gasteiger partial charge >= 0.3 is 0 Å². The fourth-order valence-corrected chi connectivity index (χ4v) is 5.16. The molecule has 1 heterocycles. The van der Waals surface area contributed by atoms with Crippen LogP contribution in [0.1, 0.15) is 54.0 Å². The quantitative estimate of drug-likeness (QED) is 0.383. The van der Waals surface area contributed by atoms with Crippen LogP contribution >= 0.6 is 11.6 Å². The highest BCUT2D eigenvalue weighted by atomic mass is 35.5. The number of aliphatic hydroxyl groups excluding tert-OH is 1. The van der Waals surface area contributed by atoms with Crippen LogP contribution < -0.4 is 4.74 Å². The van der Waals surface area contributed by atoms with E-state index in [1.165, 1.54) is 13.2 Å². The number of ether oxygens (including phenoxy) is 1. The second-order valence-corrected chi connectivity index (χ2v) is 8.93. The van der Waals surface area contributed by atoms with Crippen LogP contribution in [0.5, 0.6) is 11.5 Å². The third kappa shape index (κ3) is 3.62. The van der Waals surface area contributed by atoms with E-state index in [0.717, 1.165) is 36.8 Å². The zero-order chi connectivity index (χ0) is 23.2. The van der Waals surface area contributed by atoms with Crippen LogP contribution in [0.3, 0.4) is 0 Å². The molecule has 2 fully saturated rings. The number of likely N-dealkylation sites (tertiary alicyclic amines) is 1. The maximum atomic E-state index is 13.3. The van der Waals surface area contributed by atoms with Gasteiger partial charge < -0.3 is 19.8 Å². The van der Waals surface area contributed by atoms with Crippen molar-refractivity contribution in [3.05, 3.63) is 63.2 Å². The first-order valence-corrected chi connectivity index (χ1v) is 11.1. The van der Waals surface area contributed by atoms with Gasteiger partial charge in [-0.05, 0) is 61.6 Å². The van der Waals surface area contributed by atoms with Crippen LogP contribution in [0.25, 0.3) is 5.76 Å². The van der Waals surface area contributed by atoms with Crippen LogP contribution in [0, 0.1) is 13.8 Å². The van der Waals surface area contributed by atoms with Crippen molar-refractivity contribution in [1.82, 2.24) is 4.90 Å². The molecule has 1 unspecified atom stereocenters. The number of nitrogens with zero attached hydrogens (tertiary/aromatic N) is 1. The zero-order valence-corrected chi connectivity index (χ0v) is 19.1. The van der Waals surface area contributed by atoms with Crippen LogP contribution in [0.2, 0.25) is 5.02 Å². The van der Waals surface area contributed by atoms with Crippen molar-refractivity contribution in [3.8, 4) is 11.5 Å². The van der Waals surface area contributed by atoms with Crippen molar-refractivity contribution in [3.63, 3.8) is 0 Å². The highest BCUT2D eigenvalue weighted by Crippen LogP contribution is 2.45. The smallest absolute Gasteiger partial charge is 0.295 e. The van der Waals surface area contributed by atoms with E-state index in [1.807, 2.05) is 19.9 Å². The lowest BCUT2D eigenvalue weighted by Gasteiger charge is -2.31. The first-order chi connectivity index (χ1) is 15.2. The number of halogens is 1. The standard InChI is InChI=1S/C25H26ClNO5/c1-13-10-14(2)24(32-3)17(11-13)22(29)20-21(15-8-9-19(28)18(26)12-15)27(25(31)23(20)30)16-6-4-5-7-16/h8-12,16,21,28-29H,4-7H2,1-3H3/b22-20+. The number of hydrogen-bond donors (Lipinski definition) is 2. The lowest BCUT2D eigenvalue weighted by molar-refractivity contribution is -0.141. The van der Waals surface area contributed by atoms with Gasteiger partial charge in [-0.25, -0.2) is 0 Å². The maximum Gasteiger partial charge on any atom is 0.295 e. The van der Waals surface area contributed by atoms with Crippen molar-refractivity contribution in [2.75, 3.05) is 7.11 Å². The predicted octanol–water partition coefficient (Wildman–Crippen LogP) is 5.04. The summed E-state index contributed by atoms with van der Waals surface area (Å²) in [4.78, 5) is 28.0. The normalized spacial score (nSPS) is 20.9. The number of Topliss-reactive ketones (excluding diaryl/α,β-unsaturated/α-hetero) is 1. The summed E-state index contributed by atoms with van der Waals surface area (Å²) in [6.45, 7) is 3.74. The Morgan fingerprint density at radius 1 is 1.12 bits per heavy atom. The lowest BCUT2D eigenvalue weighted by atomic mass is 9.93. The number of benzene rings is 2. The molecule has 168 valence electrons. The Labute approximate surface area is 192 Å². The lowest BCUT2D eigenvalue weighted by Crippen LogP contribution is -2.37. The van der Waals surface area contributed by atoms with Gasteiger partial charge in [-0.1, -0.05) is 36.6 Å². The summed E-state index contributed by atoms with van der Waals surface area (Å²) < 4.78 is 5.52. The number of methoxy groups -OCH3 is 1. The Bertz CT molecular complexity index is 1130. The number of ketones is 1. The Balaban J connectivity index is 1.97. The van der Waals surface area contributed by atoms with E-state index >= 15 is 0 Å². The molecule has 2 aliphatic rings. The summed E-state index contributed by atoms with van der Waals surface area (Å²) in [6.07, 6.45) is 3.54. The van der Waals surface area contributed by atoms with Gasteiger partial charge in [-0.3, -0.25) is 9.59 Å². The van der Waals surface area contributed by atoms with Gasteiger partial charge in [-0.15, -0.1) is 0 Å². The largest absolute Gasteiger partial charge is 0.507 e. The molecule has 1 atom stereocenters. The molecular formula is C25H26ClNO5. The Morgan fingerprint density at radius 2 is 1.81 bits per heavy atom. The van der Waals surface area contributed by atoms with E-state index in [4.69, 9.17) is 16.3 Å². The van der Waals surface area contributed by atoms with E-state index in [-0.39, 0.29) is 28.1 Å². The first-order valence-electron chi connectivity index (χ1n) is 10.7. The first kappa shape index (κ1) is 22.2. The zero-order valence-electron chi connectivity index (χ0n) is 18.3. The van der Waals surface area contributed by atoms with E-state index in [2.05, 4.69) is 0 Å². The second-order valence-electron chi connectivity index (χ2n) is 8.52. The highest BCUT2D eigenvalue weighted by Gasteiger charge is 2.49. The molecule has 1 aliphatic heterocycles. The summed E-state index contributed by atoms with van der Waals surface area (Å²) in [6, 6.07) is 7.36. The summed E-state index contributed by atoms with van der Waals surface area (Å²) in [7, 11) is 1.50. The van der Waals surface area contributed by atoms with E-state index in [0.29, 0.717) is 16.9 Å². The number of hydrogen-bond acceptors (Lipinski definition) is 5. The molecule has 6 nitrogen and oxygen atoms in total. The maximum absolute atomic E-state index is 13.3. The van der Waals surface area contributed by atoms with Gasteiger partial charge in [0.2, 0.25) is 0 Å². The van der Waals surface area contributed by atoms with Crippen molar-refractivity contribution in [2.24, 2.45) is 0 Å². The molecule has 2 aromatic rings. The molecule has 0 aromatic heterocycles. The molecule has 1 saturated heterocycles. The molecule has 0 spiro atoms. The van der Waals surface area contributed by atoms with Gasteiger partial charge in [-0.2, -0.15) is 0 Å². The van der Waals surface area contributed by atoms with E-state index < -0.39 is 17.7 Å². The molecular weight excluding hydrogens is 430 g/mol. The molecule has 32 heavy (non-hydrogen) atoms. The highest BCUT2D eigenvalue weighted by molar-refractivity contribution is 6.46. The third-order valence-corrected chi connectivity index (χ3v) is 6.67. The van der Waals surface area contributed by atoms with Crippen LogP contribution in [0.15, 0.2) is 35.9 Å². The Hall–Kier alpha value is -2.99. The average Bonchev–Trinajstić information content (AvgIpc) is 3.36. The second kappa shape index (κ2) is 8.51. The number of amides is 1. The van der Waals surface area contributed by atoms with Gasteiger partial charge in [0.15, 0.2) is 0 Å². The number of aromatic hydroxyl groups is 1. The Morgan fingerprint density at radius 3 is 2.44 bits per heavy atom. The molecule has 0 bridgehead atoms. The minimum absolute atomic E-state index is 0.00644. The molecule has 1 aliphatic carbocycles. The van der Waals surface area contributed by atoms with Gasteiger partial charge in [0.25, 0.3) is 11.7 Å². The number of rotatable bonds is 4. The summed E-state index contributed by atoms with van der Waals surface area (Å²) in [5, 5.41) is 21.4. The van der Waals surface area contributed by atoms with Crippen molar-refractivity contribution in [2.45, 2.75) is 51.6 Å². The molecule has 1 saturated carbocycles. The number of aliphatic hydroxyl groups is 1. The number of phenolic OH excluding ortho intramolecular Hbond substituents is 1. The molecule has 4 rings (SSSR count). The number of carbonyl (C=O) groups is 2. The SMILES string of the molecule is COc1c(C)cc(C)cc1/C(O)=C1\C(=O)C(=O)N(C2CCCC2)C1c1ccc(O)c(Cl)c1. The molecule has 7 heteroatoms. The van der Waals surface area contributed by atoms with Crippen LogP contribution in [-0.2, 0) is 9.59 Å². The monoisotopic (exact) mass is 455 g/mol. The average molecular weight is 456 g/mol. The third-order valence-electron chi connectivity index (χ3n) is 6.36. The van der Waals surface area contributed by atoms with Crippen molar-refractivity contribution in [1.29, 1.82) is 0 Å². The van der Waals surface area contributed by atoms with Crippen LogP contribution in [0.4, 0.5) is 0 Å². The summed E-state index contributed by atoms with van der Waals surface area (Å²) in [5.41, 5.74) is 2.63. The molecule has 2 N–H and O–H groups in total.